The van der Waals surface area contributed by atoms with Crippen LogP contribution in [-0.4, -0.2) is 43.3 Å². The van der Waals surface area contributed by atoms with Gasteiger partial charge in [-0.15, -0.1) is 0 Å². The Morgan fingerprint density at radius 1 is 1.36 bits per heavy atom. The molecule has 0 spiro atoms. The zero-order valence-corrected chi connectivity index (χ0v) is 14.7. The first-order valence-corrected chi connectivity index (χ1v) is 8.30. The number of methoxy groups -OCH3 is 2. The van der Waals surface area contributed by atoms with Crippen LogP contribution in [0, 0.1) is 6.92 Å². The van der Waals surface area contributed by atoms with E-state index in [4.69, 9.17) is 14.0 Å². The van der Waals surface area contributed by atoms with E-state index in [0.717, 1.165) is 36.4 Å². The molecule has 1 aromatic carbocycles. The summed E-state index contributed by atoms with van der Waals surface area (Å²) in [5.41, 5.74) is 1.05. The van der Waals surface area contributed by atoms with Crippen molar-refractivity contribution in [3.05, 3.63) is 35.6 Å². The molecule has 1 fully saturated rings. The van der Waals surface area contributed by atoms with Crippen molar-refractivity contribution in [3.63, 3.8) is 0 Å². The molecule has 1 aliphatic rings. The van der Waals surface area contributed by atoms with Gasteiger partial charge in [-0.2, -0.15) is 0 Å². The minimum absolute atomic E-state index is 0.109. The second-order valence-electron chi connectivity index (χ2n) is 6.11. The maximum atomic E-state index is 12.3. The number of carbonyl (C=O) groups excluding carboxylic acids is 1. The lowest BCUT2D eigenvalue weighted by atomic mass is 10.0. The average Bonchev–Trinajstić information content (AvgIpc) is 3.23. The predicted octanol–water partition coefficient (Wildman–Crippen LogP) is 2.78. The second kappa shape index (κ2) is 7.57. The van der Waals surface area contributed by atoms with Gasteiger partial charge in [0, 0.05) is 17.7 Å². The van der Waals surface area contributed by atoms with Crippen molar-refractivity contribution in [2.24, 2.45) is 0 Å². The summed E-state index contributed by atoms with van der Waals surface area (Å²) in [5, 5.41) is 6.57. The van der Waals surface area contributed by atoms with Gasteiger partial charge in [-0.3, -0.25) is 9.69 Å². The molecule has 1 aromatic heterocycles. The molecule has 1 saturated heterocycles. The number of likely N-dealkylation sites (tertiary alicyclic amines) is 1. The highest BCUT2D eigenvalue weighted by Crippen LogP contribution is 2.38. The number of hydrogen-bond donors (Lipinski definition) is 1. The van der Waals surface area contributed by atoms with Gasteiger partial charge in [0.25, 0.3) is 0 Å². The third kappa shape index (κ3) is 3.93. The molecular formula is C18H23N3O4. The Morgan fingerprint density at radius 3 is 2.88 bits per heavy atom. The predicted molar refractivity (Wildman–Crippen MR) is 93.0 cm³/mol. The van der Waals surface area contributed by atoms with Crippen molar-refractivity contribution in [2.75, 3.05) is 32.6 Å². The highest BCUT2D eigenvalue weighted by Gasteiger charge is 2.30. The van der Waals surface area contributed by atoms with Crippen molar-refractivity contribution in [3.8, 4) is 11.5 Å². The van der Waals surface area contributed by atoms with E-state index in [-0.39, 0.29) is 18.5 Å². The van der Waals surface area contributed by atoms with Crippen LogP contribution in [0.5, 0.6) is 11.5 Å². The molecule has 134 valence electrons. The molecule has 1 atom stereocenters. The Kier molecular flexibility index (Phi) is 5.23. The Morgan fingerprint density at radius 2 is 2.20 bits per heavy atom. The lowest BCUT2D eigenvalue weighted by Crippen LogP contribution is -2.33. The van der Waals surface area contributed by atoms with E-state index in [0.29, 0.717) is 11.6 Å². The summed E-state index contributed by atoms with van der Waals surface area (Å²) >= 11 is 0. The van der Waals surface area contributed by atoms with Gasteiger partial charge < -0.3 is 19.3 Å². The molecule has 1 N–H and O–H groups in total. The third-order valence-electron chi connectivity index (χ3n) is 4.40. The number of rotatable bonds is 6. The Bertz CT molecular complexity index is 744. The summed E-state index contributed by atoms with van der Waals surface area (Å²) in [4.78, 5) is 14.5. The fraction of sp³-hybridized carbons (Fsp3) is 0.444. The van der Waals surface area contributed by atoms with Crippen LogP contribution in [0.1, 0.15) is 30.2 Å². The fourth-order valence-corrected chi connectivity index (χ4v) is 3.26. The minimum atomic E-state index is -0.109. The molecule has 0 unspecified atom stereocenters. The van der Waals surface area contributed by atoms with Crippen LogP contribution in [0.15, 0.2) is 28.8 Å². The largest absolute Gasteiger partial charge is 0.497 e. The zero-order valence-electron chi connectivity index (χ0n) is 14.7. The van der Waals surface area contributed by atoms with Gasteiger partial charge in [-0.1, -0.05) is 5.16 Å². The van der Waals surface area contributed by atoms with E-state index in [1.54, 1.807) is 27.2 Å². The number of hydrogen-bond acceptors (Lipinski definition) is 6. The Hall–Kier alpha value is -2.54. The summed E-state index contributed by atoms with van der Waals surface area (Å²) in [5.74, 6) is 2.59. The molecule has 1 amide bonds. The molecule has 0 bridgehead atoms. The SMILES string of the molecule is COc1ccc(OC)c([C@@H]2CCCN2CC(=O)Nc2cc(C)on2)c1. The highest BCUT2D eigenvalue weighted by molar-refractivity contribution is 5.91. The smallest absolute Gasteiger partial charge is 0.239 e. The molecule has 2 aromatic rings. The molecule has 25 heavy (non-hydrogen) atoms. The number of nitrogens with zero attached hydrogens (tertiary/aromatic N) is 2. The Labute approximate surface area is 146 Å². The normalized spacial score (nSPS) is 17.5. The number of aryl methyl sites for hydroxylation is 1. The molecule has 0 saturated carbocycles. The van der Waals surface area contributed by atoms with Crippen LogP contribution < -0.4 is 14.8 Å². The molecule has 7 nitrogen and oxygen atoms in total. The summed E-state index contributed by atoms with van der Waals surface area (Å²) in [7, 11) is 3.30. The number of ether oxygens (including phenoxy) is 2. The maximum absolute atomic E-state index is 12.3. The standard InChI is InChI=1S/C18H23N3O4/c1-12-9-17(20-25-12)19-18(22)11-21-8-4-5-15(21)14-10-13(23-2)6-7-16(14)24-3/h6-7,9-10,15H,4-5,8,11H2,1-3H3,(H,19,20,22)/t15-/m0/s1. The molecule has 7 heteroatoms. The van der Waals surface area contributed by atoms with Gasteiger partial charge in [-0.25, -0.2) is 0 Å². The summed E-state index contributed by atoms with van der Waals surface area (Å²) in [6.07, 6.45) is 2.00. The number of nitrogens with one attached hydrogen (secondary N) is 1. The number of anilines is 1. The van der Waals surface area contributed by atoms with Crippen molar-refractivity contribution < 1.29 is 18.8 Å². The number of amides is 1. The average molecular weight is 345 g/mol. The Balaban J connectivity index is 1.73. The molecule has 0 radical (unpaired) electrons. The van der Waals surface area contributed by atoms with Gasteiger partial charge >= 0.3 is 0 Å². The van der Waals surface area contributed by atoms with Crippen LogP contribution in [0.4, 0.5) is 5.82 Å². The fourth-order valence-electron chi connectivity index (χ4n) is 3.26. The van der Waals surface area contributed by atoms with Crippen LogP contribution >= 0.6 is 0 Å². The number of benzene rings is 1. The van der Waals surface area contributed by atoms with Crippen LogP contribution in [0.2, 0.25) is 0 Å². The van der Waals surface area contributed by atoms with Crippen LogP contribution in [-0.2, 0) is 4.79 Å². The van der Waals surface area contributed by atoms with E-state index >= 15 is 0 Å². The van der Waals surface area contributed by atoms with Crippen molar-refractivity contribution in [1.29, 1.82) is 0 Å². The lowest BCUT2D eigenvalue weighted by molar-refractivity contribution is -0.117. The van der Waals surface area contributed by atoms with E-state index in [1.165, 1.54) is 0 Å². The minimum Gasteiger partial charge on any atom is -0.497 e. The van der Waals surface area contributed by atoms with E-state index in [1.807, 2.05) is 18.2 Å². The quantitative estimate of drug-likeness (QED) is 0.867. The first kappa shape index (κ1) is 17.3. The number of aromatic nitrogens is 1. The topological polar surface area (TPSA) is 76.8 Å². The monoisotopic (exact) mass is 345 g/mol. The molecular weight excluding hydrogens is 322 g/mol. The summed E-state index contributed by atoms with van der Waals surface area (Å²) in [6.45, 7) is 2.93. The van der Waals surface area contributed by atoms with Gasteiger partial charge in [0.2, 0.25) is 5.91 Å². The molecule has 0 aliphatic carbocycles. The van der Waals surface area contributed by atoms with Gasteiger partial charge in [0.05, 0.1) is 20.8 Å². The summed E-state index contributed by atoms with van der Waals surface area (Å²) in [6, 6.07) is 7.59. The van der Waals surface area contributed by atoms with Gasteiger partial charge in [0.1, 0.15) is 17.3 Å². The molecule has 3 rings (SSSR count). The van der Waals surface area contributed by atoms with E-state index < -0.39 is 0 Å². The molecule has 2 heterocycles. The molecule has 1 aliphatic heterocycles. The lowest BCUT2D eigenvalue weighted by Gasteiger charge is -2.25. The summed E-state index contributed by atoms with van der Waals surface area (Å²) < 4.78 is 15.8. The number of carbonyl (C=O) groups is 1. The second-order valence-corrected chi connectivity index (χ2v) is 6.11. The van der Waals surface area contributed by atoms with E-state index in [9.17, 15) is 4.79 Å². The highest BCUT2D eigenvalue weighted by atomic mass is 16.5. The third-order valence-corrected chi connectivity index (χ3v) is 4.40. The van der Waals surface area contributed by atoms with Crippen molar-refractivity contribution in [1.82, 2.24) is 10.1 Å². The van der Waals surface area contributed by atoms with Crippen molar-refractivity contribution >= 4 is 11.7 Å². The van der Waals surface area contributed by atoms with E-state index in [2.05, 4.69) is 15.4 Å². The first-order chi connectivity index (χ1) is 12.1. The van der Waals surface area contributed by atoms with Gasteiger partial charge in [-0.05, 0) is 44.5 Å². The van der Waals surface area contributed by atoms with Crippen LogP contribution in [0.25, 0.3) is 0 Å². The zero-order chi connectivity index (χ0) is 17.8. The maximum Gasteiger partial charge on any atom is 0.239 e. The first-order valence-electron chi connectivity index (χ1n) is 8.30. The van der Waals surface area contributed by atoms with Crippen LogP contribution in [0.3, 0.4) is 0 Å². The van der Waals surface area contributed by atoms with Crippen molar-refractivity contribution in [2.45, 2.75) is 25.8 Å². The van der Waals surface area contributed by atoms with Gasteiger partial charge in [0.15, 0.2) is 5.82 Å².